The molecular formula is C28H31N3O3. The summed E-state index contributed by atoms with van der Waals surface area (Å²) in [6, 6.07) is 23.5. The van der Waals surface area contributed by atoms with Crippen molar-refractivity contribution in [2.45, 2.75) is 32.7 Å². The molecule has 0 atom stereocenters. The van der Waals surface area contributed by atoms with E-state index in [9.17, 15) is 4.79 Å². The molecule has 0 aliphatic rings. The molecule has 0 unspecified atom stereocenters. The molecule has 0 saturated carbocycles. The van der Waals surface area contributed by atoms with Gasteiger partial charge >= 0.3 is 0 Å². The summed E-state index contributed by atoms with van der Waals surface area (Å²) in [4.78, 5) is 17.3. The summed E-state index contributed by atoms with van der Waals surface area (Å²) >= 11 is 0. The summed E-state index contributed by atoms with van der Waals surface area (Å²) in [7, 11) is 1.65. The average Bonchev–Trinajstić information content (AvgIpc) is 3.21. The molecule has 0 bridgehead atoms. The van der Waals surface area contributed by atoms with Gasteiger partial charge in [-0.25, -0.2) is 4.98 Å². The molecule has 0 aliphatic carbocycles. The Morgan fingerprint density at radius 2 is 1.76 bits per heavy atom. The Morgan fingerprint density at radius 3 is 2.59 bits per heavy atom. The summed E-state index contributed by atoms with van der Waals surface area (Å²) < 4.78 is 13.5. The zero-order chi connectivity index (χ0) is 23.8. The summed E-state index contributed by atoms with van der Waals surface area (Å²) in [5.41, 5.74) is 3.86. The van der Waals surface area contributed by atoms with Gasteiger partial charge in [0.2, 0.25) is 0 Å². The number of benzene rings is 3. The Hall–Kier alpha value is -3.80. The average molecular weight is 458 g/mol. The number of nitrogens with zero attached hydrogens (tertiary/aromatic N) is 2. The highest BCUT2D eigenvalue weighted by Gasteiger charge is 2.12. The van der Waals surface area contributed by atoms with E-state index in [4.69, 9.17) is 14.5 Å². The van der Waals surface area contributed by atoms with Crippen LogP contribution in [0.15, 0.2) is 72.8 Å². The van der Waals surface area contributed by atoms with Gasteiger partial charge in [-0.1, -0.05) is 42.0 Å². The fourth-order valence-corrected chi connectivity index (χ4v) is 4.03. The zero-order valence-corrected chi connectivity index (χ0v) is 19.8. The van der Waals surface area contributed by atoms with Crippen molar-refractivity contribution in [3.05, 3.63) is 89.7 Å². The van der Waals surface area contributed by atoms with Crippen LogP contribution in [0.3, 0.4) is 0 Å². The molecule has 1 aromatic heterocycles. The molecule has 6 nitrogen and oxygen atoms in total. The number of methoxy groups -OCH3 is 1. The smallest absolute Gasteiger partial charge is 0.251 e. The fraction of sp³-hybridized carbons (Fsp3) is 0.286. The van der Waals surface area contributed by atoms with Crippen LogP contribution in [0.5, 0.6) is 11.5 Å². The van der Waals surface area contributed by atoms with Gasteiger partial charge in [-0.15, -0.1) is 0 Å². The largest absolute Gasteiger partial charge is 0.493 e. The molecule has 4 rings (SSSR count). The van der Waals surface area contributed by atoms with Crippen molar-refractivity contribution in [3.8, 4) is 11.5 Å². The minimum Gasteiger partial charge on any atom is -0.493 e. The van der Waals surface area contributed by atoms with Gasteiger partial charge in [0, 0.05) is 25.1 Å². The van der Waals surface area contributed by atoms with Crippen LogP contribution in [0.25, 0.3) is 11.0 Å². The molecule has 4 aromatic rings. The third kappa shape index (κ3) is 5.76. The molecule has 0 saturated heterocycles. The molecule has 1 N–H and O–H groups in total. The van der Waals surface area contributed by atoms with E-state index in [0.717, 1.165) is 53.3 Å². The van der Waals surface area contributed by atoms with Gasteiger partial charge in [0.15, 0.2) is 11.5 Å². The number of fused-ring (bicyclic) bond motifs is 1. The number of hydrogen-bond donors (Lipinski definition) is 1. The van der Waals surface area contributed by atoms with E-state index in [0.29, 0.717) is 25.1 Å². The molecule has 176 valence electrons. The molecule has 0 aliphatic heterocycles. The number of carbonyl (C=O) groups excluding carboxylic acids is 1. The Balaban J connectivity index is 1.34. The number of aromatic nitrogens is 2. The standard InChI is InChI=1S/C28H31N3O3/c1-21-10-9-11-22(20-21)28(32)29-17-16-27-30-23-12-3-4-13-24(23)31(27)18-7-8-19-34-26-15-6-5-14-25(26)33-2/h3-6,9-15,20H,7-8,16-19H2,1-2H3,(H,29,32). The van der Waals surface area contributed by atoms with Crippen molar-refractivity contribution in [2.75, 3.05) is 20.3 Å². The lowest BCUT2D eigenvalue weighted by Gasteiger charge is -2.12. The van der Waals surface area contributed by atoms with E-state index < -0.39 is 0 Å². The minimum atomic E-state index is -0.0557. The first-order chi connectivity index (χ1) is 16.7. The lowest BCUT2D eigenvalue weighted by Crippen LogP contribution is -2.26. The maximum atomic E-state index is 12.5. The quantitative estimate of drug-likeness (QED) is 0.315. The molecule has 6 heteroatoms. The number of hydrogen-bond acceptors (Lipinski definition) is 4. The van der Waals surface area contributed by atoms with Crippen molar-refractivity contribution >= 4 is 16.9 Å². The second-order valence-corrected chi connectivity index (χ2v) is 8.25. The van der Waals surface area contributed by atoms with Crippen LogP contribution in [-0.2, 0) is 13.0 Å². The number of carbonyl (C=O) groups is 1. The molecule has 34 heavy (non-hydrogen) atoms. The first kappa shape index (κ1) is 23.4. The Kier molecular flexibility index (Phi) is 7.81. The molecule has 0 fully saturated rings. The van der Waals surface area contributed by atoms with Gasteiger partial charge in [0.1, 0.15) is 5.82 Å². The molecule has 1 heterocycles. The maximum absolute atomic E-state index is 12.5. The molecule has 0 radical (unpaired) electrons. The van der Waals surface area contributed by atoms with Gasteiger partial charge < -0.3 is 19.4 Å². The van der Waals surface area contributed by atoms with Crippen LogP contribution in [0.4, 0.5) is 0 Å². The minimum absolute atomic E-state index is 0.0557. The second kappa shape index (κ2) is 11.4. The van der Waals surface area contributed by atoms with Gasteiger partial charge in [-0.3, -0.25) is 4.79 Å². The predicted molar refractivity (Wildman–Crippen MR) is 135 cm³/mol. The summed E-state index contributed by atoms with van der Waals surface area (Å²) in [6.45, 7) is 3.99. The van der Waals surface area contributed by atoms with E-state index in [1.165, 1.54) is 0 Å². The number of unbranched alkanes of at least 4 members (excludes halogenated alkanes) is 1. The van der Waals surface area contributed by atoms with Crippen LogP contribution < -0.4 is 14.8 Å². The van der Waals surface area contributed by atoms with Crippen molar-refractivity contribution in [1.82, 2.24) is 14.9 Å². The number of aryl methyl sites for hydroxylation is 2. The first-order valence-electron chi connectivity index (χ1n) is 11.7. The Labute approximate surface area is 200 Å². The van der Waals surface area contributed by atoms with Crippen LogP contribution in [0, 0.1) is 6.92 Å². The lowest BCUT2D eigenvalue weighted by molar-refractivity contribution is 0.0954. The van der Waals surface area contributed by atoms with E-state index in [-0.39, 0.29) is 5.91 Å². The monoisotopic (exact) mass is 457 g/mol. The highest BCUT2D eigenvalue weighted by molar-refractivity contribution is 5.94. The van der Waals surface area contributed by atoms with Gasteiger partial charge in [0.25, 0.3) is 5.91 Å². The van der Waals surface area contributed by atoms with Gasteiger partial charge in [-0.2, -0.15) is 0 Å². The van der Waals surface area contributed by atoms with Gasteiger partial charge in [-0.05, 0) is 56.2 Å². The zero-order valence-electron chi connectivity index (χ0n) is 19.8. The third-order valence-electron chi connectivity index (χ3n) is 5.75. The highest BCUT2D eigenvalue weighted by atomic mass is 16.5. The van der Waals surface area contributed by atoms with Crippen molar-refractivity contribution in [3.63, 3.8) is 0 Å². The Bertz CT molecular complexity index is 1250. The second-order valence-electron chi connectivity index (χ2n) is 8.25. The van der Waals surface area contributed by atoms with Crippen molar-refractivity contribution < 1.29 is 14.3 Å². The van der Waals surface area contributed by atoms with Crippen LogP contribution >= 0.6 is 0 Å². The summed E-state index contributed by atoms with van der Waals surface area (Å²) in [5.74, 6) is 2.44. The van der Waals surface area contributed by atoms with E-state index >= 15 is 0 Å². The normalized spacial score (nSPS) is 10.9. The molecule has 3 aromatic carbocycles. The van der Waals surface area contributed by atoms with Crippen molar-refractivity contribution in [1.29, 1.82) is 0 Å². The SMILES string of the molecule is COc1ccccc1OCCCCn1c(CCNC(=O)c2cccc(C)c2)nc2ccccc21. The van der Waals surface area contributed by atoms with E-state index in [1.807, 2.05) is 73.7 Å². The summed E-state index contributed by atoms with van der Waals surface area (Å²) in [5, 5.41) is 3.03. The van der Waals surface area contributed by atoms with E-state index in [1.54, 1.807) is 7.11 Å². The fourth-order valence-electron chi connectivity index (χ4n) is 4.03. The maximum Gasteiger partial charge on any atom is 0.251 e. The number of nitrogens with one attached hydrogen (secondary N) is 1. The number of amides is 1. The highest BCUT2D eigenvalue weighted by Crippen LogP contribution is 2.26. The van der Waals surface area contributed by atoms with Gasteiger partial charge in [0.05, 0.1) is 24.8 Å². The topological polar surface area (TPSA) is 65.4 Å². The first-order valence-corrected chi connectivity index (χ1v) is 11.7. The molecule has 0 spiro atoms. The lowest BCUT2D eigenvalue weighted by atomic mass is 10.1. The predicted octanol–water partition coefficient (Wildman–Crippen LogP) is 5.19. The van der Waals surface area contributed by atoms with Crippen molar-refractivity contribution in [2.24, 2.45) is 0 Å². The molecular weight excluding hydrogens is 426 g/mol. The van der Waals surface area contributed by atoms with Crippen LogP contribution in [0.1, 0.15) is 34.6 Å². The third-order valence-corrected chi connectivity index (χ3v) is 5.75. The Morgan fingerprint density at radius 1 is 0.971 bits per heavy atom. The molecule has 1 amide bonds. The number of para-hydroxylation sites is 4. The summed E-state index contributed by atoms with van der Waals surface area (Å²) in [6.07, 6.45) is 2.54. The number of imidazole rings is 1. The van der Waals surface area contributed by atoms with Crippen LogP contribution in [0.2, 0.25) is 0 Å². The number of ether oxygens (including phenoxy) is 2. The van der Waals surface area contributed by atoms with E-state index in [2.05, 4.69) is 16.0 Å². The van der Waals surface area contributed by atoms with Crippen LogP contribution in [-0.4, -0.2) is 35.7 Å². The number of rotatable bonds is 11.